The molecular weight excluding hydrogens is 210 g/mol. The molecule has 2 atom stereocenters. The van der Waals surface area contributed by atoms with Crippen LogP contribution in [0.1, 0.15) is 11.6 Å². The number of aliphatic hydroxyl groups excluding tert-OH is 1. The van der Waals surface area contributed by atoms with Gasteiger partial charge in [-0.3, -0.25) is 9.69 Å². The van der Waals surface area contributed by atoms with E-state index in [-0.39, 0.29) is 0 Å². The molecule has 0 aliphatic carbocycles. The van der Waals surface area contributed by atoms with Crippen molar-refractivity contribution in [3.8, 4) is 0 Å². The van der Waals surface area contributed by atoms with Crippen LogP contribution in [0.4, 0.5) is 4.79 Å². The van der Waals surface area contributed by atoms with Crippen LogP contribution in [-0.2, 0) is 9.53 Å². The van der Waals surface area contributed by atoms with Crippen LogP contribution in [0, 0.1) is 0 Å². The van der Waals surface area contributed by atoms with E-state index < -0.39 is 24.1 Å². The van der Waals surface area contributed by atoms with Crippen molar-refractivity contribution >= 4 is 11.9 Å². The number of carbonyl (C=O) groups is 2. The fourth-order valence-electron chi connectivity index (χ4n) is 1.75. The first-order valence-electron chi connectivity index (χ1n) is 4.80. The smallest absolute Gasteiger partial charge is 0.412 e. The number of ether oxygens (including phenoxy) is 1. The summed E-state index contributed by atoms with van der Waals surface area (Å²) < 4.78 is 4.50. The molecule has 0 spiro atoms. The topological polar surface area (TPSA) is 66.8 Å². The van der Waals surface area contributed by atoms with E-state index in [1.54, 1.807) is 24.3 Å². The Bertz CT molecular complexity index is 417. The highest BCUT2D eigenvalue weighted by molar-refractivity contribution is 5.99. The highest BCUT2D eigenvalue weighted by Gasteiger charge is 2.50. The number of nitrogens with zero attached hydrogens (tertiary/aromatic N) is 1. The Hall–Kier alpha value is -1.88. The van der Waals surface area contributed by atoms with Gasteiger partial charge in [0.15, 0.2) is 6.23 Å². The van der Waals surface area contributed by atoms with Gasteiger partial charge in [-0.1, -0.05) is 30.3 Å². The van der Waals surface area contributed by atoms with Crippen LogP contribution < -0.4 is 0 Å². The van der Waals surface area contributed by atoms with Gasteiger partial charge in [0.1, 0.15) is 6.04 Å². The first-order valence-corrected chi connectivity index (χ1v) is 4.80. The monoisotopic (exact) mass is 221 g/mol. The summed E-state index contributed by atoms with van der Waals surface area (Å²) in [5.74, 6) is -0.392. The lowest BCUT2D eigenvalue weighted by Crippen LogP contribution is -2.61. The lowest BCUT2D eigenvalue weighted by molar-refractivity contribution is -0.164. The second-order valence-electron chi connectivity index (χ2n) is 3.47. The molecule has 1 aliphatic rings. The molecule has 5 heteroatoms. The number of ketones is 1. The third-order valence-electron chi connectivity index (χ3n) is 2.57. The summed E-state index contributed by atoms with van der Waals surface area (Å²) in [6.45, 7) is 0. The number of amides is 1. The quantitative estimate of drug-likeness (QED) is 0.757. The first kappa shape index (κ1) is 10.6. The van der Waals surface area contributed by atoms with Crippen LogP contribution in [-0.4, -0.2) is 35.2 Å². The number of likely N-dealkylation sites (tertiary alicyclic amines) is 1. The molecule has 0 radical (unpaired) electrons. The van der Waals surface area contributed by atoms with Crippen LogP contribution in [0.15, 0.2) is 30.3 Å². The molecule has 1 aromatic rings. The first-order chi connectivity index (χ1) is 7.66. The molecule has 16 heavy (non-hydrogen) atoms. The molecule has 1 unspecified atom stereocenters. The summed E-state index contributed by atoms with van der Waals surface area (Å²) in [6.07, 6.45) is -2.10. The fraction of sp³-hybridized carbons (Fsp3) is 0.273. The van der Waals surface area contributed by atoms with Crippen molar-refractivity contribution < 1.29 is 19.4 Å². The average Bonchev–Trinajstić information content (AvgIpc) is 2.34. The van der Waals surface area contributed by atoms with E-state index in [0.29, 0.717) is 5.56 Å². The van der Waals surface area contributed by atoms with Crippen LogP contribution in [0.5, 0.6) is 0 Å². The van der Waals surface area contributed by atoms with Gasteiger partial charge < -0.3 is 9.84 Å². The van der Waals surface area contributed by atoms with Crippen LogP contribution in [0.25, 0.3) is 0 Å². The number of Topliss-reactive ketones (excluding diaryl/α,β-unsaturated/α-hetero) is 1. The normalized spacial score (nSPS) is 23.9. The Balaban J connectivity index is 2.27. The summed E-state index contributed by atoms with van der Waals surface area (Å²) in [4.78, 5) is 23.8. The lowest BCUT2D eigenvalue weighted by atomic mass is 9.92. The molecule has 0 aromatic heterocycles. The lowest BCUT2D eigenvalue weighted by Gasteiger charge is -2.42. The predicted octanol–water partition coefficient (Wildman–Crippen LogP) is 0.697. The minimum Gasteiger partial charge on any atom is -0.453 e. The zero-order chi connectivity index (χ0) is 11.7. The number of rotatable bonds is 1. The molecule has 1 aromatic carbocycles. The van der Waals surface area contributed by atoms with E-state index in [9.17, 15) is 14.7 Å². The molecule has 0 saturated carbocycles. The number of methoxy groups -OCH3 is 1. The third-order valence-corrected chi connectivity index (χ3v) is 2.57. The Labute approximate surface area is 92.2 Å². The van der Waals surface area contributed by atoms with E-state index in [1.807, 2.05) is 6.07 Å². The van der Waals surface area contributed by atoms with E-state index in [4.69, 9.17) is 0 Å². The van der Waals surface area contributed by atoms with E-state index in [0.717, 1.165) is 4.90 Å². The van der Waals surface area contributed by atoms with Gasteiger partial charge in [-0.15, -0.1) is 0 Å². The summed E-state index contributed by atoms with van der Waals surface area (Å²) in [5, 5.41) is 9.39. The van der Waals surface area contributed by atoms with Gasteiger partial charge in [0.2, 0.25) is 5.78 Å². The zero-order valence-electron chi connectivity index (χ0n) is 8.66. The van der Waals surface area contributed by atoms with Gasteiger partial charge in [-0.2, -0.15) is 0 Å². The molecule has 1 saturated heterocycles. The van der Waals surface area contributed by atoms with Crippen molar-refractivity contribution in [2.24, 2.45) is 0 Å². The van der Waals surface area contributed by atoms with Gasteiger partial charge in [-0.05, 0) is 5.56 Å². The van der Waals surface area contributed by atoms with Gasteiger partial charge in [0, 0.05) is 0 Å². The Morgan fingerprint density at radius 2 is 2.00 bits per heavy atom. The van der Waals surface area contributed by atoms with Crippen molar-refractivity contribution in [1.82, 2.24) is 4.90 Å². The number of hydrogen-bond donors (Lipinski definition) is 1. The Kier molecular flexibility index (Phi) is 2.62. The SMILES string of the molecule is COC(=O)N1C(O)C(=O)[C@@H]1c1ccccc1. The van der Waals surface area contributed by atoms with E-state index >= 15 is 0 Å². The van der Waals surface area contributed by atoms with Crippen molar-refractivity contribution in [2.75, 3.05) is 7.11 Å². The Morgan fingerprint density at radius 3 is 2.56 bits per heavy atom. The van der Waals surface area contributed by atoms with Crippen molar-refractivity contribution in [1.29, 1.82) is 0 Å². The Morgan fingerprint density at radius 1 is 1.38 bits per heavy atom. The largest absolute Gasteiger partial charge is 0.453 e. The van der Waals surface area contributed by atoms with Gasteiger partial charge >= 0.3 is 6.09 Å². The second-order valence-corrected chi connectivity index (χ2v) is 3.47. The molecule has 1 amide bonds. The minimum absolute atomic E-state index is 0.392. The molecule has 0 bridgehead atoms. The van der Waals surface area contributed by atoms with Gasteiger partial charge in [0.25, 0.3) is 0 Å². The molecular formula is C11H11NO4. The number of carbonyl (C=O) groups excluding carboxylic acids is 2. The summed E-state index contributed by atoms with van der Waals surface area (Å²) in [7, 11) is 1.21. The van der Waals surface area contributed by atoms with E-state index in [2.05, 4.69) is 4.74 Å². The van der Waals surface area contributed by atoms with Crippen molar-refractivity contribution in [3.63, 3.8) is 0 Å². The maximum atomic E-state index is 11.5. The summed E-state index contributed by atoms with van der Waals surface area (Å²) >= 11 is 0. The van der Waals surface area contributed by atoms with Crippen LogP contribution in [0.2, 0.25) is 0 Å². The second kappa shape index (κ2) is 3.94. The number of benzene rings is 1. The standard InChI is InChI=1S/C11H11NO4/c1-16-11(15)12-8(9(13)10(12)14)7-5-3-2-4-6-7/h2-6,8,10,14H,1H3/t8-,10?/m0/s1. The maximum absolute atomic E-state index is 11.5. The minimum atomic E-state index is -1.39. The molecule has 5 nitrogen and oxygen atoms in total. The van der Waals surface area contributed by atoms with Crippen LogP contribution in [0.3, 0.4) is 0 Å². The van der Waals surface area contributed by atoms with Gasteiger partial charge in [-0.25, -0.2) is 4.79 Å². The molecule has 1 fully saturated rings. The highest BCUT2D eigenvalue weighted by Crippen LogP contribution is 2.34. The fourth-order valence-corrected chi connectivity index (χ4v) is 1.75. The molecule has 84 valence electrons. The predicted molar refractivity (Wildman–Crippen MR) is 54.4 cm³/mol. The van der Waals surface area contributed by atoms with Crippen molar-refractivity contribution in [2.45, 2.75) is 12.3 Å². The van der Waals surface area contributed by atoms with Crippen molar-refractivity contribution in [3.05, 3.63) is 35.9 Å². The molecule has 1 aliphatic heterocycles. The number of aliphatic hydroxyl groups is 1. The summed E-state index contributed by atoms with van der Waals surface area (Å²) in [6, 6.07) is 8.06. The summed E-state index contributed by atoms with van der Waals surface area (Å²) in [5.41, 5.74) is 0.670. The molecule has 1 heterocycles. The van der Waals surface area contributed by atoms with Gasteiger partial charge in [0.05, 0.1) is 7.11 Å². The highest BCUT2D eigenvalue weighted by atomic mass is 16.5. The molecule has 2 rings (SSSR count). The van der Waals surface area contributed by atoms with E-state index in [1.165, 1.54) is 7.11 Å². The maximum Gasteiger partial charge on any atom is 0.412 e. The molecule has 1 N–H and O–H groups in total. The third kappa shape index (κ3) is 1.45. The zero-order valence-corrected chi connectivity index (χ0v) is 8.66. The average molecular weight is 221 g/mol. The number of hydrogen-bond acceptors (Lipinski definition) is 4. The van der Waals surface area contributed by atoms with Crippen LogP contribution >= 0.6 is 0 Å².